The Morgan fingerprint density at radius 3 is 2.42 bits per heavy atom. The summed E-state index contributed by atoms with van der Waals surface area (Å²) in [6.07, 6.45) is 1.64. The Bertz CT molecular complexity index is 1310. The fourth-order valence-electron chi connectivity index (χ4n) is 4.59. The number of amides is 2. The Morgan fingerprint density at radius 2 is 1.81 bits per heavy atom. The van der Waals surface area contributed by atoms with Crippen molar-refractivity contribution in [3.63, 3.8) is 0 Å². The van der Waals surface area contributed by atoms with E-state index in [9.17, 15) is 19.2 Å². The molecule has 0 saturated carbocycles. The van der Waals surface area contributed by atoms with Crippen molar-refractivity contribution < 1.29 is 19.2 Å². The number of carbonyl (C=O) groups is 4. The van der Waals surface area contributed by atoms with E-state index in [1.807, 2.05) is 45.0 Å². The minimum Gasteiger partial charge on any atom is -0.351 e. The number of thiophene rings is 1. The molecule has 0 aliphatic carbocycles. The highest BCUT2D eigenvalue weighted by molar-refractivity contribution is 7.15. The summed E-state index contributed by atoms with van der Waals surface area (Å²) >= 11 is 1.66. The second-order valence-corrected chi connectivity index (χ2v) is 10.6. The standard InChI is InChI=1S/C28H29N3O4S/c1-5-29-27(34)24-20(7-6-14-30-24)25-23(21(32)15-16(2)3)26(33)28(35)31(25)19-11-9-18(10-12-19)22-13-8-17(4)36-22/h6-14,16,23,25H,5,15H2,1-4H3,(H,29,34). The van der Waals surface area contributed by atoms with Gasteiger partial charge >= 0.3 is 0 Å². The number of nitrogens with zero attached hydrogens (tertiary/aromatic N) is 2. The van der Waals surface area contributed by atoms with Crippen molar-refractivity contribution in [1.29, 1.82) is 0 Å². The van der Waals surface area contributed by atoms with Crippen molar-refractivity contribution in [2.75, 3.05) is 11.4 Å². The van der Waals surface area contributed by atoms with Crippen LogP contribution in [0.15, 0.2) is 54.7 Å². The van der Waals surface area contributed by atoms with Crippen LogP contribution in [-0.4, -0.2) is 34.9 Å². The summed E-state index contributed by atoms with van der Waals surface area (Å²) in [5.41, 5.74) is 1.96. The zero-order valence-electron chi connectivity index (χ0n) is 20.8. The van der Waals surface area contributed by atoms with Gasteiger partial charge in [-0.05, 0) is 55.7 Å². The summed E-state index contributed by atoms with van der Waals surface area (Å²) in [5, 5.41) is 2.73. The van der Waals surface area contributed by atoms with E-state index in [4.69, 9.17) is 0 Å². The predicted molar refractivity (Wildman–Crippen MR) is 140 cm³/mol. The Balaban J connectivity index is 1.83. The molecule has 1 fully saturated rings. The summed E-state index contributed by atoms with van der Waals surface area (Å²) in [6, 6.07) is 13.8. The summed E-state index contributed by atoms with van der Waals surface area (Å²) in [6.45, 7) is 8.00. The van der Waals surface area contributed by atoms with Crippen molar-refractivity contribution >= 4 is 40.4 Å². The topological polar surface area (TPSA) is 96.4 Å². The summed E-state index contributed by atoms with van der Waals surface area (Å²) in [7, 11) is 0. The lowest BCUT2D eigenvalue weighted by Gasteiger charge is -2.28. The van der Waals surface area contributed by atoms with Gasteiger partial charge in [0, 0.05) is 40.2 Å². The Kier molecular flexibility index (Phi) is 7.45. The molecule has 2 amide bonds. The first kappa shape index (κ1) is 25.4. The van der Waals surface area contributed by atoms with Crippen LogP contribution in [0.3, 0.4) is 0 Å². The number of rotatable bonds is 8. The molecule has 0 bridgehead atoms. The van der Waals surface area contributed by atoms with Gasteiger partial charge in [-0.3, -0.25) is 29.1 Å². The third-order valence-corrected chi connectivity index (χ3v) is 7.19. The van der Waals surface area contributed by atoms with Gasteiger partial charge in [0.15, 0.2) is 0 Å². The normalized spacial score (nSPS) is 17.6. The highest BCUT2D eigenvalue weighted by atomic mass is 32.1. The van der Waals surface area contributed by atoms with Gasteiger partial charge < -0.3 is 5.32 Å². The number of carbonyl (C=O) groups excluding carboxylic acids is 4. The van der Waals surface area contributed by atoms with E-state index in [1.54, 1.807) is 42.5 Å². The van der Waals surface area contributed by atoms with Crippen LogP contribution >= 0.6 is 11.3 Å². The van der Waals surface area contributed by atoms with E-state index in [1.165, 1.54) is 16.0 Å². The first-order chi connectivity index (χ1) is 17.2. The van der Waals surface area contributed by atoms with Crippen LogP contribution in [0.25, 0.3) is 10.4 Å². The molecule has 1 aliphatic rings. The molecule has 1 N–H and O–H groups in total. The van der Waals surface area contributed by atoms with E-state index in [2.05, 4.69) is 10.3 Å². The van der Waals surface area contributed by atoms with Gasteiger partial charge in [-0.15, -0.1) is 11.3 Å². The van der Waals surface area contributed by atoms with Crippen LogP contribution in [0.4, 0.5) is 5.69 Å². The van der Waals surface area contributed by atoms with E-state index in [0.29, 0.717) is 17.8 Å². The van der Waals surface area contributed by atoms with Crippen LogP contribution in [0.5, 0.6) is 0 Å². The van der Waals surface area contributed by atoms with Gasteiger partial charge in [-0.1, -0.05) is 32.0 Å². The lowest BCUT2D eigenvalue weighted by atomic mass is 9.85. The summed E-state index contributed by atoms with van der Waals surface area (Å²) < 4.78 is 0. The average molecular weight is 504 g/mol. The smallest absolute Gasteiger partial charge is 0.295 e. The third-order valence-electron chi connectivity index (χ3n) is 6.14. The first-order valence-corrected chi connectivity index (χ1v) is 12.8. The Morgan fingerprint density at radius 1 is 1.08 bits per heavy atom. The van der Waals surface area contributed by atoms with E-state index in [-0.39, 0.29) is 23.8 Å². The van der Waals surface area contributed by atoms with Crippen LogP contribution in [0.1, 0.15) is 54.2 Å². The summed E-state index contributed by atoms with van der Waals surface area (Å²) in [4.78, 5) is 60.7. The van der Waals surface area contributed by atoms with Crippen molar-refractivity contribution in [2.45, 2.75) is 40.2 Å². The number of aromatic nitrogens is 1. The maximum atomic E-state index is 13.4. The molecule has 0 radical (unpaired) electrons. The van der Waals surface area contributed by atoms with Crippen LogP contribution in [-0.2, 0) is 14.4 Å². The SMILES string of the molecule is CCNC(=O)c1ncccc1C1C(C(=O)CC(C)C)C(=O)C(=O)N1c1ccc(-c2ccc(C)s2)cc1. The molecule has 3 heterocycles. The van der Waals surface area contributed by atoms with Gasteiger partial charge in [0.1, 0.15) is 17.4 Å². The molecule has 1 saturated heterocycles. The second-order valence-electron chi connectivity index (χ2n) is 9.28. The molecule has 2 unspecified atom stereocenters. The number of aryl methyl sites for hydroxylation is 1. The first-order valence-electron chi connectivity index (χ1n) is 12.0. The minimum absolute atomic E-state index is 0.0143. The second kappa shape index (κ2) is 10.5. The summed E-state index contributed by atoms with van der Waals surface area (Å²) in [5.74, 6) is -3.44. The lowest BCUT2D eigenvalue weighted by Crippen LogP contribution is -2.34. The molecule has 8 heteroatoms. The zero-order chi connectivity index (χ0) is 26.0. The number of benzene rings is 1. The maximum Gasteiger partial charge on any atom is 0.295 e. The molecular weight excluding hydrogens is 474 g/mol. The molecular formula is C28H29N3O4S. The number of hydrogen-bond acceptors (Lipinski definition) is 6. The molecule has 7 nitrogen and oxygen atoms in total. The van der Waals surface area contributed by atoms with Crippen molar-refractivity contribution in [3.05, 3.63) is 70.9 Å². The molecule has 36 heavy (non-hydrogen) atoms. The van der Waals surface area contributed by atoms with Gasteiger partial charge in [0.25, 0.3) is 11.8 Å². The van der Waals surface area contributed by atoms with Crippen LogP contribution in [0.2, 0.25) is 0 Å². The largest absolute Gasteiger partial charge is 0.351 e. The number of ketones is 2. The highest BCUT2D eigenvalue weighted by Crippen LogP contribution is 2.42. The molecule has 4 rings (SSSR count). The molecule has 186 valence electrons. The highest BCUT2D eigenvalue weighted by Gasteiger charge is 2.52. The third kappa shape index (κ3) is 4.86. The van der Waals surface area contributed by atoms with E-state index >= 15 is 0 Å². The quantitative estimate of drug-likeness (QED) is 0.353. The number of Topliss-reactive ketones (excluding diaryl/α,β-unsaturated/α-hetero) is 2. The molecule has 1 aliphatic heterocycles. The van der Waals surface area contributed by atoms with Gasteiger partial charge in [0.2, 0.25) is 5.78 Å². The van der Waals surface area contributed by atoms with Crippen molar-refractivity contribution in [3.8, 4) is 10.4 Å². The minimum atomic E-state index is -1.21. The zero-order valence-corrected chi connectivity index (χ0v) is 21.6. The number of anilines is 1. The maximum absolute atomic E-state index is 13.4. The fraction of sp³-hybridized carbons (Fsp3) is 0.321. The predicted octanol–water partition coefficient (Wildman–Crippen LogP) is 4.76. The Labute approximate surface area is 214 Å². The molecule has 2 atom stereocenters. The van der Waals surface area contributed by atoms with Crippen molar-refractivity contribution in [2.24, 2.45) is 11.8 Å². The van der Waals surface area contributed by atoms with Gasteiger partial charge in [-0.25, -0.2) is 0 Å². The van der Waals surface area contributed by atoms with Gasteiger partial charge in [0.05, 0.1) is 6.04 Å². The van der Waals surface area contributed by atoms with Crippen LogP contribution in [0, 0.1) is 18.8 Å². The average Bonchev–Trinajstić information content (AvgIpc) is 3.40. The molecule has 1 aromatic carbocycles. The number of pyridine rings is 1. The number of hydrogen-bond donors (Lipinski definition) is 1. The van der Waals surface area contributed by atoms with E-state index in [0.717, 1.165) is 10.4 Å². The fourth-order valence-corrected chi connectivity index (χ4v) is 5.46. The van der Waals surface area contributed by atoms with E-state index < -0.39 is 29.6 Å². The number of nitrogens with one attached hydrogen (secondary N) is 1. The monoisotopic (exact) mass is 503 g/mol. The molecule has 0 spiro atoms. The van der Waals surface area contributed by atoms with Gasteiger partial charge in [-0.2, -0.15) is 0 Å². The molecule has 2 aromatic heterocycles. The van der Waals surface area contributed by atoms with Crippen molar-refractivity contribution in [1.82, 2.24) is 10.3 Å². The van der Waals surface area contributed by atoms with Crippen LogP contribution < -0.4 is 10.2 Å². The Hall–Kier alpha value is -3.65. The molecule has 3 aromatic rings. The lowest BCUT2D eigenvalue weighted by molar-refractivity contribution is -0.139.